The number of nitrogens with zero attached hydrogens (tertiary/aromatic N) is 1. The molecule has 2 aromatic rings. The summed E-state index contributed by atoms with van der Waals surface area (Å²) in [5.41, 5.74) is 0.942. The topological polar surface area (TPSA) is 86.7 Å². The van der Waals surface area contributed by atoms with Gasteiger partial charge in [0, 0.05) is 24.3 Å². The molecule has 0 radical (unpaired) electrons. The van der Waals surface area contributed by atoms with Gasteiger partial charge < -0.3 is 10.4 Å². The first-order chi connectivity index (χ1) is 13.7. The Labute approximate surface area is 174 Å². The second-order valence-electron chi connectivity index (χ2n) is 7.08. The Hall–Kier alpha value is -2.00. The highest BCUT2D eigenvalue weighted by Gasteiger charge is 2.30. The van der Waals surface area contributed by atoms with Crippen molar-refractivity contribution in [3.63, 3.8) is 0 Å². The van der Waals surface area contributed by atoms with Crippen molar-refractivity contribution in [2.45, 2.75) is 37.2 Å². The number of nitrogens with one attached hydrogen (secondary N) is 1. The Kier molecular flexibility index (Phi) is 6.58. The summed E-state index contributed by atoms with van der Waals surface area (Å²) in [7, 11) is -3.87. The number of halogens is 2. The second-order valence-corrected chi connectivity index (χ2v) is 9.39. The number of aryl methyl sites for hydroxylation is 1. The molecule has 0 aromatic heterocycles. The third kappa shape index (κ3) is 4.95. The zero-order valence-corrected chi connectivity index (χ0v) is 17.4. The third-order valence-electron chi connectivity index (χ3n) is 4.85. The summed E-state index contributed by atoms with van der Waals surface area (Å²) in [5, 5.41) is 12.4. The molecule has 156 valence electrons. The molecule has 3 rings (SSSR count). The quantitative estimate of drug-likeness (QED) is 0.760. The van der Waals surface area contributed by atoms with E-state index in [4.69, 9.17) is 11.6 Å². The van der Waals surface area contributed by atoms with Crippen molar-refractivity contribution >= 4 is 33.2 Å². The van der Waals surface area contributed by atoms with Gasteiger partial charge in [0.05, 0.1) is 16.0 Å². The summed E-state index contributed by atoms with van der Waals surface area (Å²) in [6.45, 7) is 2.01. The average Bonchev–Trinajstić information content (AvgIpc) is 2.90. The van der Waals surface area contributed by atoms with Crippen molar-refractivity contribution in [2.24, 2.45) is 0 Å². The monoisotopic (exact) mass is 440 g/mol. The number of hydrogen-bond donors (Lipinski definition) is 2. The van der Waals surface area contributed by atoms with Crippen molar-refractivity contribution in [3.05, 3.63) is 58.4 Å². The van der Waals surface area contributed by atoms with E-state index < -0.39 is 27.9 Å². The number of aliphatic hydroxyl groups is 1. The normalized spacial score (nSPS) is 18.3. The van der Waals surface area contributed by atoms with Crippen molar-refractivity contribution in [1.29, 1.82) is 0 Å². The third-order valence-corrected chi connectivity index (χ3v) is 7.15. The number of anilines is 1. The van der Waals surface area contributed by atoms with Gasteiger partial charge in [-0.3, -0.25) is 4.79 Å². The minimum Gasteiger partial charge on any atom is -0.392 e. The van der Waals surface area contributed by atoms with Crippen molar-refractivity contribution < 1.29 is 22.7 Å². The van der Waals surface area contributed by atoms with Crippen molar-refractivity contribution in [2.75, 3.05) is 18.4 Å². The molecule has 1 amide bonds. The van der Waals surface area contributed by atoms with Crippen LogP contribution >= 0.6 is 11.6 Å². The smallest absolute Gasteiger partial charge is 0.255 e. The lowest BCUT2D eigenvalue weighted by Crippen LogP contribution is -2.36. The molecule has 1 heterocycles. The molecule has 1 atom stereocenters. The maximum absolute atomic E-state index is 13.3. The summed E-state index contributed by atoms with van der Waals surface area (Å²) in [6.07, 6.45) is 1.28. The maximum Gasteiger partial charge on any atom is 0.255 e. The molecule has 2 aromatic carbocycles. The zero-order chi connectivity index (χ0) is 21.2. The van der Waals surface area contributed by atoms with Crippen molar-refractivity contribution in [1.82, 2.24) is 4.31 Å². The van der Waals surface area contributed by atoms with Crippen LogP contribution < -0.4 is 5.32 Å². The second kappa shape index (κ2) is 8.79. The van der Waals surface area contributed by atoms with E-state index in [0.29, 0.717) is 30.6 Å². The summed E-state index contributed by atoms with van der Waals surface area (Å²) in [4.78, 5) is 12.6. The zero-order valence-electron chi connectivity index (χ0n) is 15.9. The predicted octanol–water partition coefficient (Wildman–Crippen LogP) is 3.58. The van der Waals surface area contributed by atoms with Crippen molar-refractivity contribution in [3.8, 4) is 0 Å². The first-order valence-electron chi connectivity index (χ1n) is 9.24. The Morgan fingerprint density at radius 3 is 2.72 bits per heavy atom. The van der Waals surface area contributed by atoms with E-state index in [0.717, 1.165) is 12.5 Å². The van der Waals surface area contributed by atoms with Gasteiger partial charge in [-0.05, 0) is 62.1 Å². The van der Waals surface area contributed by atoms with Crippen LogP contribution in [0.1, 0.15) is 35.2 Å². The van der Waals surface area contributed by atoms with Gasteiger partial charge in [-0.15, -0.1) is 0 Å². The minimum absolute atomic E-state index is 0.0244. The highest BCUT2D eigenvalue weighted by Crippen LogP contribution is 2.25. The standard InChI is InChI=1S/C20H22ClFN2O4S/c1-13-5-6-14(20(26)23-15-7-8-18(22)17(21)11-15)10-19(13)29(27,28)24-9-3-2-4-16(25)12-24/h5-8,10-11,16,25H,2-4,9,12H2,1H3,(H,23,26). The first-order valence-corrected chi connectivity index (χ1v) is 11.1. The Bertz CT molecular complexity index is 1030. The molecule has 1 unspecified atom stereocenters. The highest BCUT2D eigenvalue weighted by atomic mass is 35.5. The molecule has 0 saturated carbocycles. The molecule has 1 saturated heterocycles. The van der Waals surface area contributed by atoms with Crippen LogP contribution in [-0.4, -0.2) is 42.9 Å². The summed E-state index contributed by atoms with van der Waals surface area (Å²) in [5.74, 6) is -1.15. The summed E-state index contributed by atoms with van der Waals surface area (Å²) in [6, 6.07) is 8.18. The molecule has 2 N–H and O–H groups in total. The van der Waals surface area contributed by atoms with Gasteiger partial charge in [-0.2, -0.15) is 4.31 Å². The number of rotatable bonds is 4. The lowest BCUT2D eigenvalue weighted by molar-refractivity contribution is 0.102. The van der Waals surface area contributed by atoms with Crippen LogP contribution in [0.25, 0.3) is 0 Å². The van der Waals surface area contributed by atoms with Gasteiger partial charge in [-0.1, -0.05) is 17.7 Å². The Balaban J connectivity index is 1.88. The first kappa shape index (κ1) is 21.7. The molecule has 29 heavy (non-hydrogen) atoms. The van der Waals surface area contributed by atoms with Crippen LogP contribution in [0, 0.1) is 12.7 Å². The number of β-amino-alcohol motifs (C(OH)–C–C–N with tert-alkyl or cyclic N) is 1. The number of sulfonamides is 1. The van der Waals surface area contributed by atoms with Gasteiger partial charge in [0.15, 0.2) is 0 Å². The van der Waals surface area contributed by atoms with Crippen LogP contribution in [0.5, 0.6) is 0 Å². The van der Waals surface area contributed by atoms with Crippen LogP contribution in [-0.2, 0) is 10.0 Å². The van der Waals surface area contributed by atoms with Gasteiger partial charge >= 0.3 is 0 Å². The largest absolute Gasteiger partial charge is 0.392 e. The lowest BCUT2D eigenvalue weighted by Gasteiger charge is -2.23. The number of amides is 1. The number of benzene rings is 2. The predicted molar refractivity (Wildman–Crippen MR) is 109 cm³/mol. The van der Waals surface area contributed by atoms with Crippen LogP contribution in [0.15, 0.2) is 41.3 Å². The van der Waals surface area contributed by atoms with Crippen LogP contribution in [0.3, 0.4) is 0 Å². The maximum atomic E-state index is 13.3. The molecule has 1 aliphatic rings. The van der Waals surface area contributed by atoms with E-state index in [1.165, 1.54) is 28.6 Å². The molecule has 9 heteroatoms. The molecular formula is C20H22ClFN2O4S. The Morgan fingerprint density at radius 2 is 2.00 bits per heavy atom. The number of hydrogen-bond acceptors (Lipinski definition) is 4. The van der Waals surface area contributed by atoms with E-state index >= 15 is 0 Å². The van der Waals surface area contributed by atoms with E-state index in [-0.39, 0.29) is 22.0 Å². The molecule has 0 spiro atoms. The fourth-order valence-corrected chi connectivity index (χ4v) is 5.19. The highest BCUT2D eigenvalue weighted by molar-refractivity contribution is 7.89. The lowest BCUT2D eigenvalue weighted by atomic mass is 10.1. The van der Waals surface area contributed by atoms with E-state index in [9.17, 15) is 22.7 Å². The SMILES string of the molecule is Cc1ccc(C(=O)Nc2ccc(F)c(Cl)c2)cc1S(=O)(=O)N1CCCCC(O)C1. The molecular weight excluding hydrogens is 419 g/mol. The minimum atomic E-state index is -3.87. The molecule has 1 fully saturated rings. The number of carbonyl (C=O) groups excluding carboxylic acids is 1. The summed E-state index contributed by atoms with van der Waals surface area (Å²) >= 11 is 5.73. The molecule has 6 nitrogen and oxygen atoms in total. The van der Waals surface area contributed by atoms with E-state index in [2.05, 4.69) is 5.32 Å². The van der Waals surface area contributed by atoms with E-state index in [1.807, 2.05) is 0 Å². The fraction of sp³-hybridized carbons (Fsp3) is 0.350. The number of aliphatic hydroxyl groups excluding tert-OH is 1. The Morgan fingerprint density at radius 1 is 1.24 bits per heavy atom. The van der Waals surface area contributed by atoms with Crippen LogP contribution in [0.4, 0.5) is 10.1 Å². The number of carbonyl (C=O) groups is 1. The van der Waals surface area contributed by atoms with Gasteiger partial charge in [0.2, 0.25) is 10.0 Å². The molecule has 0 bridgehead atoms. The van der Waals surface area contributed by atoms with Crippen LogP contribution in [0.2, 0.25) is 5.02 Å². The van der Waals surface area contributed by atoms with Gasteiger partial charge in [-0.25, -0.2) is 12.8 Å². The molecule has 1 aliphatic heterocycles. The van der Waals surface area contributed by atoms with Gasteiger partial charge in [0.25, 0.3) is 5.91 Å². The molecule has 0 aliphatic carbocycles. The van der Waals surface area contributed by atoms with E-state index in [1.54, 1.807) is 13.0 Å². The fourth-order valence-electron chi connectivity index (χ4n) is 3.24. The average molecular weight is 441 g/mol. The summed E-state index contributed by atoms with van der Waals surface area (Å²) < 4.78 is 40.9. The van der Waals surface area contributed by atoms with Gasteiger partial charge in [0.1, 0.15) is 5.82 Å².